The van der Waals surface area contributed by atoms with E-state index in [0.717, 1.165) is 21.0 Å². The molecule has 0 atom stereocenters. The Hall–Kier alpha value is -4.34. The number of nitrogens with zero attached hydrogens (tertiary/aromatic N) is 2. The maximum Gasteiger partial charge on any atom is 0.264 e. The van der Waals surface area contributed by atoms with E-state index in [-0.39, 0.29) is 4.90 Å². The number of ether oxygens (including phenoxy) is 2. The van der Waals surface area contributed by atoms with Gasteiger partial charge in [0.1, 0.15) is 13.2 Å². The number of nitrogens with one attached hydrogen (secondary N) is 1. The van der Waals surface area contributed by atoms with Gasteiger partial charge in [-0.2, -0.15) is 5.10 Å². The summed E-state index contributed by atoms with van der Waals surface area (Å²) in [6, 6.07) is 26.1. The smallest absolute Gasteiger partial charge is 0.264 e. The molecule has 0 unspecified atom stereocenters. The summed E-state index contributed by atoms with van der Waals surface area (Å²) in [5.74, 6) is 0.506. The summed E-state index contributed by atoms with van der Waals surface area (Å²) >= 11 is 5.96. The van der Waals surface area contributed by atoms with Crippen LogP contribution in [0, 0.1) is 13.8 Å². The predicted octanol–water partition coefficient (Wildman–Crippen LogP) is 6.28. The lowest BCUT2D eigenvalue weighted by Crippen LogP contribution is -2.39. The minimum absolute atomic E-state index is 0.0134. The van der Waals surface area contributed by atoms with Crippen LogP contribution in [-0.2, 0) is 21.4 Å². The van der Waals surface area contributed by atoms with Gasteiger partial charge in [0.05, 0.1) is 23.4 Å². The Balaban J connectivity index is 1.49. The molecule has 0 aliphatic rings. The zero-order chi connectivity index (χ0) is 30.1. The fraction of sp³-hybridized carbons (Fsp3) is 0.188. The summed E-state index contributed by atoms with van der Waals surface area (Å²) in [6.07, 6.45) is 1.45. The maximum absolute atomic E-state index is 13.6. The van der Waals surface area contributed by atoms with Gasteiger partial charge in [-0.05, 0) is 97.6 Å². The first-order valence-corrected chi connectivity index (χ1v) is 15.1. The summed E-state index contributed by atoms with van der Waals surface area (Å²) in [5.41, 5.74) is 6.37. The van der Waals surface area contributed by atoms with Crippen molar-refractivity contribution in [2.45, 2.75) is 32.3 Å². The van der Waals surface area contributed by atoms with Crippen molar-refractivity contribution in [3.8, 4) is 11.5 Å². The molecular formula is C32H32ClN3O5S. The molecule has 0 saturated heterocycles. The van der Waals surface area contributed by atoms with Crippen LogP contribution in [0.3, 0.4) is 0 Å². The van der Waals surface area contributed by atoms with Gasteiger partial charge in [-0.3, -0.25) is 9.10 Å². The number of anilines is 1. The molecule has 10 heteroatoms. The lowest BCUT2D eigenvalue weighted by Gasteiger charge is -2.24. The Morgan fingerprint density at radius 1 is 0.905 bits per heavy atom. The van der Waals surface area contributed by atoms with Crippen LogP contribution in [0.25, 0.3) is 0 Å². The van der Waals surface area contributed by atoms with Crippen LogP contribution in [0.1, 0.15) is 29.2 Å². The number of rotatable bonds is 12. The highest BCUT2D eigenvalue weighted by Crippen LogP contribution is 2.29. The number of benzene rings is 4. The third-order valence-electron chi connectivity index (χ3n) is 6.37. The average molecular weight is 606 g/mol. The number of carbonyl (C=O) groups is 1. The molecule has 1 N–H and O–H groups in total. The molecule has 1 amide bonds. The molecule has 0 spiro atoms. The monoisotopic (exact) mass is 605 g/mol. The van der Waals surface area contributed by atoms with Crippen LogP contribution >= 0.6 is 11.6 Å². The van der Waals surface area contributed by atoms with E-state index in [2.05, 4.69) is 10.5 Å². The van der Waals surface area contributed by atoms with Crippen LogP contribution in [0.4, 0.5) is 5.69 Å². The third kappa shape index (κ3) is 7.90. The molecule has 42 heavy (non-hydrogen) atoms. The lowest BCUT2D eigenvalue weighted by atomic mass is 10.1. The van der Waals surface area contributed by atoms with Crippen molar-refractivity contribution in [3.63, 3.8) is 0 Å². The quantitative estimate of drug-likeness (QED) is 0.151. The number of amides is 1. The number of sulfonamides is 1. The molecule has 0 fully saturated rings. The molecule has 0 heterocycles. The Labute approximate surface area is 251 Å². The van der Waals surface area contributed by atoms with E-state index in [1.54, 1.807) is 30.3 Å². The van der Waals surface area contributed by atoms with E-state index >= 15 is 0 Å². The molecule has 4 aromatic rings. The largest absolute Gasteiger partial charge is 0.490 e. The molecule has 0 aliphatic carbocycles. The maximum atomic E-state index is 13.6. The summed E-state index contributed by atoms with van der Waals surface area (Å²) in [7, 11) is -4.08. The van der Waals surface area contributed by atoms with Gasteiger partial charge in [0.25, 0.3) is 15.9 Å². The number of hydrogen-bond donors (Lipinski definition) is 1. The van der Waals surface area contributed by atoms with E-state index in [9.17, 15) is 13.2 Å². The Morgan fingerprint density at radius 3 is 2.33 bits per heavy atom. The fourth-order valence-corrected chi connectivity index (χ4v) is 5.54. The number of aryl methyl sites for hydroxylation is 2. The molecule has 0 aliphatic heterocycles. The topological polar surface area (TPSA) is 97.3 Å². The Kier molecular flexibility index (Phi) is 10.2. The summed E-state index contributed by atoms with van der Waals surface area (Å²) in [4.78, 5) is 13.0. The van der Waals surface area contributed by atoms with Crippen molar-refractivity contribution in [2.24, 2.45) is 5.10 Å². The van der Waals surface area contributed by atoms with Crippen molar-refractivity contribution in [2.75, 3.05) is 17.5 Å². The number of carbonyl (C=O) groups excluding carboxylic acids is 1. The Morgan fingerprint density at radius 2 is 1.64 bits per heavy atom. The first kappa shape index (κ1) is 30.6. The van der Waals surface area contributed by atoms with E-state index in [4.69, 9.17) is 21.1 Å². The number of halogens is 1. The molecular weight excluding hydrogens is 574 g/mol. The molecule has 4 rings (SSSR count). The summed E-state index contributed by atoms with van der Waals surface area (Å²) < 4.78 is 39.9. The molecule has 8 nitrogen and oxygen atoms in total. The van der Waals surface area contributed by atoms with E-state index in [1.807, 2.05) is 57.2 Å². The van der Waals surface area contributed by atoms with Gasteiger partial charge in [-0.1, -0.05) is 48.0 Å². The van der Waals surface area contributed by atoms with Crippen molar-refractivity contribution in [1.82, 2.24) is 5.43 Å². The second-order valence-corrected chi connectivity index (χ2v) is 11.7. The molecule has 218 valence electrons. The highest BCUT2D eigenvalue weighted by atomic mass is 35.5. The first-order valence-electron chi connectivity index (χ1n) is 13.3. The van der Waals surface area contributed by atoms with E-state index in [0.29, 0.717) is 41.0 Å². The fourth-order valence-electron chi connectivity index (χ4n) is 4.00. The second kappa shape index (κ2) is 14.0. The van der Waals surface area contributed by atoms with Gasteiger partial charge in [-0.15, -0.1) is 0 Å². The van der Waals surface area contributed by atoms with Gasteiger partial charge < -0.3 is 9.47 Å². The normalized spacial score (nSPS) is 11.3. The second-order valence-electron chi connectivity index (χ2n) is 9.44. The van der Waals surface area contributed by atoms with Crippen LogP contribution in [0.2, 0.25) is 5.02 Å². The van der Waals surface area contributed by atoms with Crippen molar-refractivity contribution >= 4 is 39.4 Å². The predicted molar refractivity (Wildman–Crippen MR) is 166 cm³/mol. The summed E-state index contributed by atoms with van der Waals surface area (Å²) in [6.45, 7) is 6.03. The van der Waals surface area contributed by atoms with E-state index in [1.165, 1.54) is 30.5 Å². The van der Waals surface area contributed by atoms with Crippen LogP contribution in [0.5, 0.6) is 11.5 Å². The van der Waals surface area contributed by atoms with Crippen molar-refractivity contribution in [3.05, 3.63) is 118 Å². The standard InChI is InChI=1S/C32H32ClN3O5S/c1-4-40-31-19-26(11-17-30(31)41-22-25-8-6-5-7-9-25)20-34-35-32(37)21-36(28-14-10-23(2)24(3)18-28)42(38,39)29-15-12-27(33)13-16-29/h5-20H,4,21-22H2,1-3H3,(H,35,37)/b34-20-. The molecule has 0 saturated carbocycles. The highest BCUT2D eigenvalue weighted by Gasteiger charge is 2.27. The molecule has 0 aromatic heterocycles. The van der Waals surface area contributed by atoms with E-state index < -0.39 is 22.5 Å². The third-order valence-corrected chi connectivity index (χ3v) is 8.42. The average Bonchev–Trinajstić information content (AvgIpc) is 2.98. The first-order chi connectivity index (χ1) is 20.2. The van der Waals surface area contributed by atoms with Crippen molar-refractivity contribution in [1.29, 1.82) is 0 Å². The van der Waals surface area contributed by atoms with Gasteiger partial charge in [0.15, 0.2) is 11.5 Å². The van der Waals surface area contributed by atoms with Crippen LogP contribution < -0.4 is 19.2 Å². The number of hydrogen-bond acceptors (Lipinski definition) is 6. The SMILES string of the molecule is CCOc1cc(/C=N\NC(=O)CN(c2ccc(C)c(C)c2)S(=O)(=O)c2ccc(Cl)cc2)ccc1OCc1ccccc1. The van der Waals surface area contributed by atoms with Crippen LogP contribution in [0.15, 0.2) is 101 Å². The Bertz CT molecular complexity index is 1660. The minimum atomic E-state index is -4.08. The minimum Gasteiger partial charge on any atom is -0.490 e. The molecule has 0 radical (unpaired) electrons. The van der Waals surface area contributed by atoms with Gasteiger partial charge in [-0.25, -0.2) is 13.8 Å². The summed E-state index contributed by atoms with van der Waals surface area (Å²) in [5, 5.41) is 4.46. The van der Waals surface area contributed by atoms with Crippen molar-refractivity contribution < 1.29 is 22.7 Å². The van der Waals surface area contributed by atoms with Gasteiger partial charge >= 0.3 is 0 Å². The molecule has 4 aromatic carbocycles. The van der Waals surface area contributed by atoms with Gasteiger partial charge in [0, 0.05) is 5.02 Å². The highest BCUT2D eigenvalue weighted by molar-refractivity contribution is 7.92. The zero-order valence-electron chi connectivity index (χ0n) is 23.6. The van der Waals surface area contributed by atoms with Gasteiger partial charge in [0.2, 0.25) is 0 Å². The lowest BCUT2D eigenvalue weighted by molar-refractivity contribution is -0.119. The zero-order valence-corrected chi connectivity index (χ0v) is 25.2. The van der Waals surface area contributed by atoms with Crippen LogP contribution in [-0.4, -0.2) is 33.7 Å². The molecule has 0 bridgehead atoms. The number of hydrazone groups is 1.